The molecule has 2 heterocycles. The standard InChI is InChI=1S/C22H24N4/c1-15-14-23-16(2)13-20(15)25-22-18-11-7-4-8-12-19(18)24-21(26-22)17-9-5-3-6-10-17/h5,9-10,13,23H,4,7-8,11-12,14H2,1-2H3,(H,24,25,26). The minimum atomic E-state index is 0.770. The van der Waals surface area contributed by atoms with Gasteiger partial charge in [0.2, 0.25) is 0 Å². The summed E-state index contributed by atoms with van der Waals surface area (Å²) in [4.78, 5) is 9.81. The molecule has 0 saturated heterocycles. The van der Waals surface area contributed by atoms with Crippen LogP contribution in [0.2, 0.25) is 0 Å². The zero-order chi connectivity index (χ0) is 17.9. The van der Waals surface area contributed by atoms with Gasteiger partial charge in [0.15, 0.2) is 5.82 Å². The number of hydrogen-bond acceptors (Lipinski definition) is 4. The molecule has 2 N–H and O–H groups in total. The molecule has 2 aliphatic rings. The third-order valence-electron chi connectivity index (χ3n) is 5.05. The number of rotatable bonds is 3. The van der Waals surface area contributed by atoms with Gasteiger partial charge in [-0.3, -0.25) is 0 Å². The molecule has 1 aromatic heterocycles. The van der Waals surface area contributed by atoms with Crippen LogP contribution in [0, 0.1) is 12.1 Å². The molecule has 0 atom stereocenters. The smallest absolute Gasteiger partial charge is 0.162 e. The van der Waals surface area contributed by atoms with Crippen molar-refractivity contribution < 1.29 is 0 Å². The Bertz CT molecular complexity index is 865. The first-order valence-electron chi connectivity index (χ1n) is 9.37. The Hall–Kier alpha value is -2.80. The molecule has 1 aromatic carbocycles. The van der Waals surface area contributed by atoms with E-state index in [0.29, 0.717) is 0 Å². The van der Waals surface area contributed by atoms with Gasteiger partial charge in [0.25, 0.3) is 0 Å². The fraction of sp³-hybridized carbons (Fsp3) is 0.364. The number of nitrogens with zero attached hydrogens (tertiary/aromatic N) is 2. The highest BCUT2D eigenvalue weighted by Gasteiger charge is 2.19. The average Bonchev–Trinajstić information content (AvgIpc) is 2.91. The lowest BCUT2D eigenvalue weighted by atomic mass is 10.1. The molecule has 4 nitrogen and oxygen atoms in total. The van der Waals surface area contributed by atoms with E-state index in [-0.39, 0.29) is 0 Å². The van der Waals surface area contributed by atoms with Crippen molar-refractivity contribution in [3.63, 3.8) is 0 Å². The first-order chi connectivity index (χ1) is 12.7. The molecule has 26 heavy (non-hydrogen) atoms. The summed E-state index contributed by atoms with van der Waals surface area (Å²) >= 11 is 0. The number of allylic oxidation sites excluding steroid dienone is 2. The molecule has 4 rings (SSSR count). The first kappa shape index (κ1) is 16.7. The van der Waals surface area contributed by atoms with Crippen LogP contribution in [0.4, 0.5) is 5.82 Å². The summed E-state index contributed by atoms with van der Waals surface area (Å²) in [5.41, 5.74) is 7.07. The van der Waals surface area contributed by atoms with Crippen molar-refractivity contribution in [2.24, 2.45) is 0 Å². The SMILES string of the molecule is CC1=CC(Nc2nc(-c3cc#ccc3)nc3c2CCCCC3)=C(C)CN1. The summed E-state index contributed by atoms with van der Waals surface area (Å²) < 4.78 is 0. The van der Waals surface area contributed by atoms with Gasteiger partial charge in [0, 0.05) is 34.8 Å². The van der Waals surface area contributed by atoms with Gasteiger partial charge in [0.1, 0.15) is 5.82 Å². The van der Waals surface area contributed by atoms with E-state index in [2.05, 4.69) is 42.7 Å². The van der Waals surface area contributed by atoms with E-state index in [9.17, 15) is 0 Å². The van der Waals surface area contributed by atoms with Crippen molar-refractivity contribution in [3.05, 3.63) is 64.6 Å². The summed E-state index contributed by atoms with van der Waals surface area (Å²) in [6.45, 7) is 5.12. The predicted molar refractivity (Wildman–Crippen MR) is 104 cm³/mol. The Labute approximate surface area is 155 Å². The van der Waals surface area contributed by atoms with Gasteiger partial charge in [0.05, 0.1) is 0 Å². The number of fused-ring (bicyclic) bond motifs is 1. The molecular formula is C22H24N4. The lowest BCUT2D eigenvalue weighted by Crippen LogP contribution is -2.22. The molecule has 0 unspecified atom stereocenters. The van der Waals surface area contributed by atoms with Crippen LogP contribution < -0.4 is 10.6 Å². The van der Waals surface area contributed by atoms with E-state index >= 15 is 0 Å². The summed E-state index contributed by atoms with van der Waals surface area (Å²) in [6, 6.07) is 11.7. The Morgan fingerprint density at radius 2 is 1.96 bits per heavy atom. The maximum absolute atomic E-state index is 4.91. The van der Waals surface area contributed by atoms with Crippen molar-refractivity contribution in [2.75, 3.05) is 11.9 Å². The van der Waals surface area contributed by atoms with Crippen LogP contribution >= 0.6 is 0 Å². The van der Waals surface area contributed by atoms with Crippen LogP contribution in [0.5, 0.6) is 0 Å². The van der Waals surface area contributed by atoms with Gasteiger partial charge in [-0.1, -0.05) is 18.6 Å². The van der Waals surface area contributed by atoms with Crippen LogP contribution in [0.15, 0.2) is 41.2 Å². The summed E-state index contributed by atoms with van der Waals surface area (Å²) in [7, 11) is 0. The summed E-state index contributed by atoms with van der Waals surface area (Å²) in [6.07, 6.45) is 7.88. The molecule has 0 amide bonds. The fourth-order valence-corrected chi connectivity index (χ4v) is 3.52. The maximum atomic E-state index is 4.91. The minimum Gasteiger partial charge on any atom is -0.385 e. The third-order valence-corrected chi connectivity index (χ3v) is 5.05. The number of aromatic nitrogens is 2. The van der Waals surface area contributed by atoms with E-state index in [1.165, 1.54) is 41.8 Å². The Kier molecular flexibility index (Phi) is 4.62. The van der Waals surface area contributed by atoms with Crippen LogP contribution in [0.25, 0.3) is 11.4 Å². The van der Waals surface area contributed by atoms with Gasteiger partial charge >= 0.3 is 0 Å². The van der Waals surface area contributed by atoms with Crippen LogP contribution in [0.3, 0.4) is 0 Å². The second-order valence-electron chi connectivity index (χ2n) is 7.10. The minimum absolute atomic E-state index is 0.770. The summed E-state index contributed by atoms with van der Waals surface area (Å²) in [5, 5.41) is 7.00. The molecule has 0 radical (unpaired) electrons. The van der Waals surface area contributed by atoms with Crippen molar-refractivity contribution in [2.45, 2.75) is 46.0 Å². The lowest BCUT2D eigenvalue weighted by Gasteiger charge is -2.21. The number of hydrogen-bond donors (Lipinski definition) is 2. The van der Waals surface area contributed by atoms with Crippen LogP contribution in [-0.2, 0) is 12.8 Å². The number of dihydropyridines is 1. The van der Waals surface area contributed by atoms with E-state index in [0.717, 1.165) is 42.3 Å². The van der Waals surface area contributed by atoms with Crippen molar-refractivity contribution >= 4 is 5.82 Å². The number of aryl methyl sites for hydroxylation is 1. The Morgan fingerprint density at radius 1 is 1.08 bits per heavy atom. The monoisotopic (exact) mass is 344 g/mol. The molecule has 0 saturated carbocycles. The van der Waals surface area contributed by atoms with Crippen molar-refractivity contribution in [1.29, 1.82) is 0 Å². The largest absolute Gasteiger partial charge is 0.385 e. The third kappa shape index (κ3) is 3.43. The Balaban J connectivity index is 1.79. The van der Waals surface area contributed by atoms with Gasteiger partial charge in [-0.2, -0.15) is 0 Å². The molecule has 4 heteroatoms. The predicted octanol–water partition coefficient (Wildman–Crippen LogP) is 4.21. The van der Waals surface area contributed by atoms with Gasteiger partial charge in [-0.15, -0.1) is 0 Å². The number of anilines is 1. The van der Waals surface area contributed by atoms with Gasteiger partial charge in [-0.25, -0.2) is 9.97 Å². The molecule has 132 valence electrons. The lowest BCUT2D eigenvalue weighted by molar-refractivity contribution is 0.709. The van der Waals surface area contributed by atoms with Gasteiger partial charge < -0.3 is 10.6 Å². The highest BCUT2D eigenvalue weighted by Crippen LogP contribution is 2.29. The topological polar surface area (TPSA) is 49.8 Å². The molecule has 0 fully saturated rings. The van der Waals surface area contributed by atoms with Crippen LogP contribution in [0.1, 0.15) is 44.4 Å². The molecule has 1 aliphatic heterocycles. The first-order valence-corrected chi connectivity index (χ1v) is 9.37. The highest BCUT2D eigenvalue weighted by molar-refractivity contribution is 5.62. The van der Waals surface area contributed by atoms with E-state index in [1.54, 1.807) is 0 Å². The zero-order valence-corrected chi connectivity index (χ0v) is 15.4. The average molecular weight is 344 g/mol. The second kappa shape index (κ2) is 7.21. The number of nitrogens with one attached hydrogen (secondary N) is 2. The highest BCUT2D eigenvalue weighted by atomic mass is 15.1. The quantitative estimate of drug-likeness (QED) is 0.819. The zero-order valence-electron chi connectivity index (χ0n) is 15.4. The Morgan fingerprint density at radius 3 is 2.81 bits per heavy atom. The molecule has 0 bridgehead atoms. The normalized spacial score (nSPS) is 16.8. The molecular weight excluding hydrogens is 320 g/mol. The maximum Gasteiger partial charge on any atom is 0.162 e. The van der Waals surface area contributed by atoms with Crippen LogP contribution in [-0.4, -0.2) is 16.5 Å². The second-order valence-corrected chi connectivity index (χ2v) is 7.10. The molecule has 0 spiro atoms. The van der Waals surface area contributed by atoms with E-state index in [4.69, 9.17) is 9.97 Å². The fourth-order valence-electron chi connectivity index (χ4n) is 3.52. The van der Waals surface area contributed by atoms with Crippen molar-refractivity contribution in [3.8, 4) is 11.4 Å². The van der Waals surface area contributed by atoms with E-state index in [1.807, 2.05) is 18.2 Å². The van der Waals surface area contributed by atoms with Gasteiger partial charge in [-0.05, 0) is 69.4 Å². The van der Waals surface area contributed by atoms with Crippen molar-refractivity contribution in [1.82, 2.24) is 15.3 Å². The molecule has 2 aromatic rings. The molecule has 1 aliphatic carbocycles. The van der Waals surface area contributed by atoms with E-state index < -0.39 is 0 Å². The summed E-state index contributed by atoms with van der Waals surface area (Å²) in [5.74, 6) is 1.73.